The van der Waals surface area contributed by atoms with E-state index < -0.39 is 11.9 Å². The highest BCUT2D eigenvalue weighted by Gasteiger charge is 2.34. The summed E-state index contributed by atoms with van der Waals surface area (Å²) >= 11 is 0. The molecule has 1 unspecified atom stereocenters. The molecule has 0 radical (unpaired) electrons. The molecule has 0 N–H and O–H groups in total. The van der Waals surface area contributed by atoms with Gasteiger partial charge in [0.1, 0.15) is 11.7 Å². The zero-order valence-electron chi connectivity index (χ0n) is 10.9. The molecule has 1 aliphatic rings. The lowest BCUT2D eigenvalue weighted by Gasteiger charge is -2.25. The average Bonchev–Trinajstić information content (AvgIpc) is 2.41. The molecule has 3 nitrogen and oxygen atoms in total. The molecule has 0 saturated heterocycles. The van der Waals surface area contributed by atoms with Crippen LogP contribution in [0.25, 0.3) is 0 Å². The van der Waals surface area contributed by atoms with Gasteiger partial charge in [0.2, 0.25) is 0 Å². The second-order valence-corrected chi connectivity index (χ2v) is 4.68. The summed E-state index contributed by atoms with van der Waals surface area (Å²) in [7, 11) is 1.27. The maximum atomic E-state index is 12.9. The van der Waals surface area contributed by atoms with Gasteiger partial charge in [0, 0.05) is 5.92 Å². The van der Waals surface area contributed by atoms with E-state index in [2.05, 4.69) is 4.74 Å². The number of carbonyl (C=O) groups excluding carboxylic acids is 2. The number of ketones is 1. The minimum absolute atomic E-state index is 0.0672. The molecular weight excluding hydrogens is 247 g/mol. The van der Waals surface area contributed by atoms with Gasteiger partial charge >= 0.3 is 5.97 Å². The molecule has 0 spiro atoms. The van der Waals surface area contributed by atoms with Crippen LogP contribution < -0.4 is 0 Å². The van der Waals surface area contributed by atoms with E-state index in [4.69, 9.17) is 0 Å². The standard InChI is InChI=1S/C15H15FO3/c1-9-7-11(10-3-5-12(16)6-4-10)8-13(14(9)17)15(18)19-2/h3-7,11,13H,8H2,1-2H3/t11-,13?/m1/s1. The molecular formula is C15H15FO3. The molecule has 2 rings (SSSR count). The molecule has 0 aliphatic heterocycles. The highest BCUT2D eigenvalue weighted by Crippen LogP contribution is 2.33. The van der Waals surface area contributed by atoms with E-state index in [-0.39, 0.29) is 17.5 Å². The first-order valence-corrected chi connectivity index (χ1v) is 6.09. The van der Waals surface area contributed by atoms with E-state index in [1.165, 1.54) is 19.2 Å². The van der Waals surface area contributed by atoms with Crippen LogP contribution >= 0.6 is 0 Å². The summed E-state index contributed by atoms with van der Waals surface area (Å²) in [6.45, 7) is 1.69. The van der Waals surface area contributed by atoms with Crippen molar-refractivity contribution < 1.29 is 18.7 Å². The summed E-state index contributed by atoms with van der Waals surface area (Å²) in [6, 6.07) is 6.10. The van der Waals surface area contributed by atoms with E-state index in [1.54, 1.807) is 19.1 Å². The summed E-state index contributed by atoms with van der Waals surface area (Å²) < 4.78 is 17.6. The number of hydrogen-bond acceptors (Lipinski definition) is 3. The Balaban J connectivity index is 2.30. The number of Topliss-reactive ketones (excluding diaryl/α,β-unsaturated/α-hetero) is 1. The predicted molar refractivity (Wildman–Crippen MR) is 68.0 cm³/mol. The van der Waals surface area contributed by atoms with Crippen LogP contribution in [-0.2, 0) is 14.3 Å². The lowest BCUT2D eigenvalue weighted by atomic mass is 9.79. The highest BCUT2D eigenvalue weighted by molar-refractivity contribution is 6.08. The molecule has 0 amide bonds. The fourth-order valence-electron chi connectivity index (χ4n) is 2.38. The number of benzene rings is 1. The van der Waals surface area contributed by atoms with E-state index in [0.29, 0.717) is 12.0 Å². The SMILES string of the molecule is COC(=O)C1C[C@H](c2ccc(F)cc2)C=C(C)C1=O. The Kier molecular flexibility index (Phi) is 3.79. The zero-order chi connectivity index (χ0) is 14.0. The van der Waals surface area contributed by atoms with Crippen LogP contribution in [0, 0.1) is 11.7 Å². The summed E-state index contributed by atoms with van der Waals surface area (Å²) in [5, 5.41) is 0. The highest BCUT2D eigenvalue weighted by atomic mass is 19.1. The molecule has 4 heteroatoms. The Bertz CT molecular complexity index is 531. The van der Waals surface area contributed by atoms with E-state index in [0.717, 1.165) is 5.56 Å². The van der Waals surface area contributed by atoms with Crippen LogP contribution in [0.2, 0.25) is 0 Å². The third kappa shape index (κ3) is 2.72. The Hall–Kier alpha value is -1.97. The molecule has 0 saturated carbocycles. The Morgan fingerprint density at radius 1 is 1.32 bits per heavy atom. The topological polar surface area (TPSA) is 43.4 Å². The zero-order valence-corrected chi connectivity index (χ0v) is 10.9. The van der Waals surface area contributed by atoms with Crippen molar-refractivity contribution in [2.45, 2.75) is 19.3 Å². The van der Waals surface area contributed by atoms with Gasteiger partial charge in [-0.15, -0.1) is 0 Å². The maximum absolute atomic E-state index is 12.9. The lowest BCUT2D eigenvalue weighted by molar-refractivity contribution is -0.149. The van der Waals surface area contributed by atoms with Crippen molar-refractivity contribution in [3.63, 3.8) is 0 Å². The van der Waals surface area contributed by atoms with Crippen molar-refractivity contribution in [1.29, 1.82) is 0 Å². The molecule has 0 aromatic heterocycles. The second-order valence-electron chi connectivity index (χ2n) is 4.68. The monoisotopic (exact) mass is 262 g/mol. The van der Waals surface area contributed by atoms with Gasteiger partial charge in [-0.2, -0.15) is 0 Å². The van der Waals surface area contributed by atoms with Crippen LogP contribution in [0.4, 0.5) is 4.39 Å². The third-order valence-electron chi connectivity index (χ3n) is 3.43. The van der Waals surface area contributed by atoms with Crippen molar-refractivity contribution in [2.75, 3.05) is 7.11 Å². The maximum Gasteiger partial charge on any atom is 0.316 e. The Morgan fingerprint density at radius 2 is 1.95 bits per heavy atom. The van der Waals surface area contributed by atoms with Crippen LogP contribution in [0.5, 0.6) is 0 Å². The normalized spacial score (nSPS) is 22.9. The van der Waals surface area contributed by atoms with E-state index >= 15 is 0 Å². The fourth-order valence-corrected chi connectivity index (χ4v) is 2.38. The van der Waals surface area contributed by atoms with Crippen LogP contribution in [0.15, 0.2) is 35.9 Å². The minimum atomic E-state index is -0.759. The summed E-state index contributed by atoms with van der Waals surface area (Å²) in [6.07, 6.45) is 2.20. The Morgan fingerprint density at radius 3 is 2.53 bits per heavy atom. The molecule has 19 heavy (non-hydrogen) atoms. The fraction of sp³-hybridized carbons (Fsp3) is 0.333. The van der Waals surface area contributed by atoms with Gasteiger partial charge in [0.05, 0.1) is 7.11 Å². The molecule has 1 aliphatic carbocycles. The number of ether oxygens (including phenoxy) is 1. The van der Waals surface area contributed by atoms with Crippen LogP contribution in [-0.4, -0.2) is 18.9 Å². The molecule has 100 valence electrons. The molecule has 1 aromatic carbocycles. The predicted octanol–water partition coefficient (Wildman–Crippen LogP) is 2.62. The van der Waals surface area contributed by atoms with Gasteiger partial charge in [-0.3, -0.25) is 9.59 Å². The molecule has 0 heterocycles. The van der Waals surface area contributed by atoms with Crippen LogP contribution in [0.1, 0.15) is 24.8 Å². The number of allylic oxidation sites excluding steroid dienone is 2. The van der Waals surface area contributed by atoms with Crippen molar-refractivity contribution >= 4 is 11.8 Å². The van der Waals surface area contributed by atoms with Gasteiger partial charge in [-0.25, -0.2) is 4.39 Å². The smallest absolute Gasteiger partial charge is 0.316 e. The number of esters is 1. The van der Waals surface area contributed by atoms with Crippen LogP contribution in [0.3, 0.4) is 0 Å². The van der Waals surface area contributed by atoms with Gasteiger partial charge in [0.25, 0.3) is 0 Å². The number of halogens is 1. The van der Waals surface area contributed by atoms with E-state index in [9.17, 15) is 14.0 Å². The van der Waals surface area contributed by atoms with Gasteiger partial charge in [-0.05, 0) is 36.6 Å². The summed E-state index contributed by atoms with van der Waals surface area (Å²) in [5.74, 6) is -1.83. The van der Waals surface area contributed by atoms with Gasteiger partial charge in [-0.1, -0.05) is 18.2 Å². The van der Waals surface area contributed by atoms with Crippen molar-refractivity contribution in [3.05, 3.63) is 47.3 Å². The Labute approximate surface area is 111 Å². The quantitative estimate of drug-likeness (QED) is 0.608. The molecule has 0 bridgehead atoms. The van der Waals surface area contributed by atoms with Gasteiger partial charge in [0.15, 0.2) is 5.78 Å². The number of methoxy groups -OCH3 is 1. The first kappa shape index (κ1) is 13.5. The molecule has 2 atom stereocenters. The minimum Gasteiger partial charge on any atom is -0.468 e. The number of hydrogen-bond donors (Lipinski definition) is 0. The van der Waals surface area contributed by atoms with Crippen molar-refractivity contribution in [1.82, 2.24) is 0 Å². The van der Waals surface area contributed by atoms with Crippen molar-refractivity contribution in [2.24, 2.45) is 5.92 Å². The number of carbonyl (C=O) groups is 2. The van der Waals surface area contributed by atoms with Gasteiger partial charge < -0.3 is 4.74 Å². The summed E-state index contributed by atoms with van der Waals surface area (Å²) in [5.41, 5.74) is 1.44. The first-order chi connectivity index (χ1) is 9.02. The largest absolute Gasteiger partial charge is 0.468 e. The second kappa shape index (κ2) is 5.34. The average molecular weight is 262 g/mol. The summed E-state index contributed by atoms with van der Waals surface area (Å²) in [4.78, 5) is 23.6. The first-order valence-electron chi connectivity index (χ1n) is 6.09. The third-order valence-corrected chi connectivity index (χ3v) is 3.43. The molecule has 0 fully saturated rings. The number of rotatable bonds is 2. The van der Waals surface area contributed by atoms with E-state index in [1.807, 2.05) is 6.08 Å². The van der Waals surface area contributed by atoms with Crippen molar-refractivity contribution in [3.8, 4) is 0 Å². The lowest BCUT2D eigenvalue weighted by Crippen LogP contribution is -2.30. The molecule has 1 aromatic rings.